The average molecular weight is 212 g/mol. The maximum Gasteiger partial charge on any atom is 0.324 e. The number of rotatable bonds is 2. The van der Waals surface area contributed by atoms with E-state index in [9.17, 15) is 9.59 Å². The monoisotopic (exact) mass is 212 g/mol. The molecule has 2 atom stereocenters. The van der Waals surface area contributed by atoms with E-state index in [1.807, 2.05) is 6.92 Å². The molecule has 0 radical (unpaired) electrons. The fourth-order valence-corrected chi connectivity index (χ4v) is 2.07. The summed E-state index contributed by atoms with van der Waals surface area (Å²) >= 11 is 0. The lowest BCUT2D eigenvalue weighted by molar-refractivity contribution is -0.135. The summed E-state index contributed by atoms with van der Waals surface area (Å²) < 4.78 is 5.20. The fourth-order valence-electron chi connectivity index (χ4n) is 2.07. The SMILES string of the molecule is CCC1CNC(=O)N(C2CCOC2)C1=O. The van der Waals surface area contributed by atoms with Gasteiger partial charge in [-0.05, 0) is 12.8 Å². The summed E-state index contributed by atoms with van der Waals surface area (Å²) in [6, 6.07) is -0.327. The molecule has 5 nitrogen and oxygen atoms in total. The molecule has 0 aromatic rings. The molecule has 0 spiro atoms. The molecule has 0 aromatic heterocycles. The van der Waals surface area contributed by atoms with E-state index in [4.69, 9.17) is 4.74 Å². The van der Waals surface area contributed by atoms with Crippen molar-refractivity contribution in [1.29, 1.82) is 0 Å². The van der Waals surface area contributed by atoms with Gasteiger partial charge in [0.25, 0.3) is 0 Å². The minimum atomic E-state index is -0.264. The van der Waals surface area contributed by atoms with Crippen molar-refractivity contribution >= 4 is 11.9 Å². The van der Waals surface area contributed by atoms with E-state index in [2.05, 4.69) is 5.32 Å². The Balaban J connectivity index is 2.11. The van der Waals surface area contributed by atoms with Gasteiger partial charge in [0.2, 0.25) is 5.91 Å². The Kier molecular flexibility index (Phi) is 2.90. The highest BCUT2D eigenvalue weighted by atomic mass is 16.5. The van der Waals surface area contributed by atoms with Crippen LogP contribution in [0.5, 0.6) is 0 Å². The third-order valence-corrected chi connectivity index (χ3v) is 3.07. The van der Waals surface area contributed by atoms with Crippen LogP contribution in [0.25, 0.3) is 0 Å². The van der Waals surface area contributed by atoms with Gasteiger partial charge in [0.1, 0.15) is 0 Å². The first-order chi connectivity index (χ1) is 7.24. The highest BCUT2D eigenvalue weighted by molar-refractivity contribution is 5.98. The highest BCUT2D eigenvalue weighted by Crippen LogP contribution is 2.19. The summed E-state index contributed by atoms with van der Waals surface area (Å²) in [5, 5.41) is 2.75. The number of hydrogen-bond acceptors (Lipinski definition) is 3. The van der Waals surface area contributed by atoms with Crippen LogP contribution in [0.1, 0.15) is 19.8 Å². The quantitative estimate of drug-likeness (QED) is 0.718. The van der Waals surface area contributed by atoms with Crippen molar-refractivity contribution in [2.45, 2.75) is 25.8 Å². The first kappa shape index (κ1) is 10.4. The van der Waals surface area contributed by atoms with Crippen molar-refractivity contribution in [3.63, 3.8) is 0 Å². The minimum absolute atomic E-state index is 0.0447. The van der Waals surface area contributed by atoms with Crippen molar-refractivity contribution in [2.75, 3.05) is 19.8 Å². The van der Waals surface area contributed by atoms with Crippen LogP contribution in [-0.4, -0.2) is 42.6 Å². The number of urea groups is 1. The Morgan fingerprint density at radius 1 is 1.53 bits per heavy atom. The Hall–Kier alpha value is -1.10. The van der Waals surface area contributed by atoms with Crippen LogP contribution in [0.15, 0.2) is 0 Å². The topological polar surface area (TPSA) is 58.6 Å². The molecule has 2 aliphatic heterocycles. The Morgan fingerprint density at radius 3 is 2.93 bits per heavy atom. The van der Waals surface area contributed by atoms with Crippen LogP contribution in [0.2, 0.25) is 0 Å². The van der Waals surface area contributed by atoms with Gasteiger partial charge in [-0.1, -0.05) is 6.92 Å². The second kappa shape index (κ2) is 4.18. The number of carbonyl (C=O) groups excluding carboxylic acids is 2. The zero-order chi connectivity index (χ0) is 10.8. The molecule has 2 aliphatic rings. The summed E-state index contributed by atoms with van der Waals surface area (Å²) in [6.45, 7) is 3.55. The molecule has 2 unspecified atom stereocenters. The largest absolute Gasteiger partial charge is 0.379 e. The summed E-state index contributed by atoms with van der Waals surface area (Å²) in [7, 11) is 0. The van der Waals surface area contributed by atoms with Crippen molar-refractivity contribution in [2.24, 2.45) is 5.92 Å². The molecule has 15 heavy (non-hydrogen) atoms. The molecular weight excluding hydrogens is 196 g/mol. The van der Waals surface area contributed by atoms with E-state index in [0.717, 1.165) is 12.8 Å². The lowest BCUT2D eigenvalue weighted by Crippen LogP contribution is -2.58. The maximum absolute atomic E-state index is 12.0. The fraction of sp³-hybridized carbons (Fsp3) is 0.800. The minimum Gasteiger partial charge on any atom is -0.379 e. The molecule has 1 N–H and O–H groups in total. The van der Waals surface area contributed by atoms with Gasteiger partial charge in [-0.3, -0.25) is 9.69 Å². The van der Waals surface area contributed by atoms with Gasteiger partial charge in [0.15, 0.2) is 0 Å². The van der Waals surface area contributed by atoms with E-state index in [1.165, 1.54) is 4.90 Å². The summed E-state index contributed by atoms with van der Waals surface area (Å²) in [6.07, 6.45) is 1.53. The van der Waals surface area contributed by atoms with Crippen LogP contribution >= 0.6 is 0 Å². The first-order valence-corrected chi connectivity index (χ1v) is 5.42. The zero-order valence-corrected chi connectivity index (χ0v) is 8.86. The smallest absolute Gasteiger partial charge is 0.324 e. The highest BCUT2D eigenvalue weighted by Gasteiger charge is 2.38. The molecular formula is C10H16N2O3. The van der Waals surface area contributed by atoms with Crippen molar-refractivity contribution in [1.82, 2.24) is 10.2 Å². The normalized spacial score (nSPS) is 31.9. The standard InChI is InChI=1S/C10H16N2O3/c1-2-7-5-11-10(14)12(9(7)13)8-3-4-15-6-8/h7-8H,2-6H2,1H3,(H,11,14). The third kappa shape index (κ3) is 1.84. The van der Waals surface area contributed by atoms with Crippen molar-refractivity contribution in [3.05, 3.63) is 0 Å². The molecule has 2 fully saturated rings. The van der Waals surface area contributed by atoms with Crippen molar-refractivity contribution in [3.8, 4) is 0 Å². The summed E-state index contributed by atoms with van der Waals surface area (Å²) in [5.41, 5.74) is 0. The molecule has 2 rings (SSSR count). The second-order valence-electron chi connectivity index (χ2n) is 4.02. The number of hydrogen-bond donors (Lipinski definition) is 1. The molecule has 0 aliphatic carbocycles. The lowest BCUT2D eigenvalue weighted by atomic mass is 10.0. The Bertz CT molecular complexity index is 274. The Labute approximate surface area is 88.8 Å². The van der Waals surface area contributed by atoms with Gasteiger partial charge < -0.3 is 10.1 Å². The molecule has 0 aromatic carbocycles. The van der Waals surface area contributed by atoms with E-state index < -0.39 is 0 Å². The van der Waals surface area contributed by atoms with Gasteiger partial charge in [-0.15, -0.1) is 0 Å². The van der Waals surface area contributed by atoms with Gasteiger partial charge in [0.05, 0.1) is 18.6 Å². The Morgan fingerprint density at radius 2 is 2.33 bits per heavy atom. The maximum atomic E-state index is 12.0. The summed E-state index contributed by atoms with van der Waals surface area (Å²) in [4.78, 5) is 24.9. The van der Waals surface area contributed by atoms with E-state index >= 15 is 0 Å². The predicted molar refractivity (Wildman–Crippen MR) is 53.2 cm³/mol. The number of nitrogens with one attached hydrogen (secondary N) is 1. The van der Waals surface area contributed by atoms with E-state index in [-0.39, 0.29) is 23.9 Å². The number of amides is 3. The van der Waals surface area contributed by atoms with Gasteiger partial charge in [-0.25, -0.2) is 4.79 Å². The second-order valence-corrected chi connectivity index (χ2v) is 4.02. The molecule has 5 heteroatoms. The zero-order valence-electron chi connectivity index (χ0n) is 8.86. The van der Waals surface area contributed by atoms with E-state index in [0.29, 0.717) is 19.8 Å². The van der Waals surface area contributed by atoms with Crippen LogP contribution < -0.4 is 5.32 Å². The number of nitrogens with zero attached hydrogens (tertiary/aromatic N) is 1. The molecule has 2 heterocycles. The van der Waals surface area contributed by atoms with Gasteiger partial charge in [-0.2, -0.15) is 0 Å². The van der Waals surface area contributed by atoms with Crippen LogP contribution in [0.4, 0.5) is 4.79 Å². The van der Waals surface area contributed by atoms with Gasteiger partial charge >= 0.3 is 6.03 Å². The van der Waals surface area contributed by atoms with Gasteiger partial charge in [0, 0.05) is 13.2 Å². The van der Waals surface area contributed by atoms with Crippen LogP contribution in [0, 0.1) is 5.92 Å². The number of imide groups is 1. The molecule has 3 amide bonds. The third-order valence-electron chi connectivity index (χ3n) is 3.07. The predicted octanol–water partition coefficient (Wildman–Crippen LogP) is 0.353. The average Bonchev–Trinajstić information content (AvgIpc) is 2.71. The van der Waals surface area contributed by atoms with Crippen LogP contribution in [-0.2, 0) is 9.53 Å². The van der Waals surface area contributed by atoms with Crippen molar-refractivity contribution < 1.29 is 14.3 Å². The lowest BCUT2D eigenvalue weighted by Gasteiger charge is -2.34. The molecule has 2 saturated heterocycles. The molecule has 0 saturated carbocycles. The first-order valence-electron chi connectivity index (χ1n) is 5.42. The molecule has 84 valence electrons. The molecule has 0 bridgehead atoms. The number of ether oxygens (including phenoxy) is 1. The summed E-state index contributed by atoms with van der Waals surface area (Å²) in [5.74, 6) is -0.111. The number of carbonyl (C=O) groups is 2. The van der Waals surface area contributed by atoms with Crippen LogP contribution in [0.3, 0.4) is 0 Å². The van der Waals surface area contributed by atoms with E-state index in [1.54, 1.807) is 0 Å².